The van der Waals surface area contributed by atoms with Gasteiger partial charge in [-0.05, 0) is 66.4 Å². The molecule has 1 aliphatic carbocycles. The minimum Gasteiger partial charge on any atom is -0.469 e. The van der Waals surface area contributed by atoms with Crippen molar-refractivity contribution in [2.24, 2.45) is 0 Å². The van der Waals surface area contributed by atoms with Gasteiger partial charge >= 0.3 is 5.97 Å². The molecule has 0 heterocycles. The fraction of sp³-hybridized carbons (Fsp3) is 0.192. The summed E-state index contributed by atoms with van der Waals surface area (Å²) < 4.78 is 4.58. The average molecular weight is 444 g/mol. The van der Waals surface area contributed by atoms with Crippen LogP contribution >= 0.6 is 0 Å². The lowest BCUT2D eigenvalue weighted by Crippen LogP contribution is -2.26. The Morgan fingerprint density at radius 3 is 2.55 bits per heavy atom. The molecule has 0 saturated carbocycles. The molecule has 0 saturated heterocycles. The maximum Gasteiger partial charge on any atom is 0.307 e. The lowest BCUT2D eigenvalue weighted by Gasteiger charge is -2.12. The van der Waals surface area contributed by atoms with E-state index in [1.807, 2.05) is 48.5 Å². The average Bonchev–Trinajstić information content (AvgIpc) is 2.96. The number of fused-ring (bicyclic) bond motifs is 2. The van der Waals surface area contributed by atoms with Gasteiger partial charge in [-0.25, -0.2) is 0 Å². The van der Waals surface area contributed by atoms with Crippen LogP contribution in [0.1, 0.15) is 43.8 Å². The number of para-hydroxylation sites is 2. The third-order valence-corrected chi connectivity index (χ3v) is 5.71. The quantitative estimate of drug-likeness (QED) is 0.396. The van der Waals surface area contributed by atoms with E-state index in [0.717, 1.165) is 22.5 Å². The third kappa shape index (κ3) is 4.87. The van der Waals surface area contributed by atoms with Gasteiger partial charge in [0.25, 0.3) is 5.91 Å². The first-order valence-electron chi connectivity index (χ1n) is 10.7. The Labute approximate surface area is 191 Å². The second kappa shape index (κ2) is 9.56. The highest BCUT2D eigenvalue weighted by Crippen LogP contribution is 2.29. The van der Waals surface area contributed by atoms with Crippen LogP contribution in [-0.4, -0.2) is 31.3 Å². The number of hydrogen-bond acceptors (Lipinski definition) is 6. The minimum atomic E-state index is -0.396. The van der Waals surface area contributed by atoms with Gasteiger partial charge < -0.3 is 21.1 Å². The summed E-state index contributed by atoms with van der Waals surface area (Å²) in [5.74, 6) is -0.834. The topological polar surface area (TPSA) is 111 Å². The number of aryl methyl sites for hydroxylation is 2. The molecule has 1 aliphatic rings. The lowest BCUT2D eigenvalue weighted by atomic mass is 9.96. The van der Waals surface area contributed by atoms with E-state index >= 15 is 0 Å². The van der Waals surface area contributed by atoms with E-state index in [9.17, 15) is 14.4 Å². The zero-order valence-electron chi connectivity index (χ0n) is 18.3. The zero-order valence-corrected chi connectivity index (χ0v) is 18.3. The summed E-state index contributed by atoms with van der Waals surface area (Å²) in [6.45, 7) is 0.168. The summed E-state index contributed by atoms with van der Waals surface area (Å²) in [6, 6.07) is 18.3. The number of carbonyl (C=O) groups is 3. The first kappa shape index (κ1) is 22.1. The van der Waals surface area contributed by atoms with Crippen LogP contribution in [0, 0.1) is 0 Å². The molecule has 4 rings (SSSR count). The molecule has 0 spiro atoms. The van der Waals surface area contributed by atoms with Crippen LogP contribution < -0.4 is 16.4 Å². The highest BCUT2D eigenvalue weighted by atomic mass is 16.5. The Hall–Kier alpha value is -4.13. The van der Waals surface area contributed by atoms with Crippen LogP contribution in [0.25, 0.3) is 0 Å². The lowest BCUT2D eigenvalue weighted by molar-refractivity contribution is -0.140. The summed E-state index contributed by atoms with van der Waals surface area (Å²) in [5, 5.41) is 6.00. The van der Waals surface area contributed by atoms with Gasteiger partial charge in [0.05, 0.1) is 24.9 Å². The van der Waals surface area contributed by atoms with Gasteiger partial charge in [-0.3, -0.25) is 14.4 Å². The first-order chi connectivity index (χ1) is 16.0. The molecule has 0 radical (unpaired) electrons. The second-order valence-electron chi connectivity index (χ2n) is 7.87. The summed E-state index contributed by atoms with van der Waals surface area (Å²) >= 11 is 0. The number of amides is 1. The molecule has 3 aromatic carbocycles. The van der Waals surface area contributed by atoms with E-state index in [1.165, 1.54) is 7.11 Å². The highest BCUT2D eigenvalue weighted by molar-refractivity contribution is 6.12. The maximum atomic E-state index is 13.3. The largest absolute Gasteiger partial charge is 0.469 e. The predicted octanol–water partition coefficient (Wildman–Crippen LogP) is 3.63. The molecule has 0 unspecified atom stereocenters. The van der Waals surface area contributed by atoms with Gasteiger partial charge in [-0.1, -0.05) is 18.2 Å². The highest BCUT2D eigenvalue weighted by Gasteiger charge is 2.23. The number of methoxy groups -OCH3 is 1. The van der Waals surface area contributed by atoms with E-state index in [2.05, 4.69) is 15.4 Å². The van der Waals surface area contributed by atoms with Crippen molar-refractivity contribution in [2.75, 3.05) is 24.7 Å². The summed E-state index contributed by atoms with van der Waals surface area (Å²) in [5.41, 5.74) is 11.7. The first-order valence-corrected chi connectivity index (χ1v) is 10.7. The molecule has 0 bridgehead atoms. The van der Waals surface area contributed by atoms with Crippen LogP contribution in [0.2, 0.25) is 0 Å². The van der Waals surface area contributed by atoms with Crippen LogP contribution in [0.15, 0.2) is 60.7 Å². The van der Waals surface area contributed by atoms with Gasteiger partial charge in [0.1, 0.15) is 0 Å². The Bertz CT molecular complexity index is 1240. The Morgan fingerprint density at radius 2 is 1.76 bits per heavy atom. The number of nitrogens with one attached hydrogen (secondary N) is 2. The number of benzene rings is 3. The van der Waals surface area contributed by atoms with Gasteiger partial charge in [0, 0.05) is 28.9 Å². The number of anilines is 3. The molecule has 0 aliphatic heterocycles. The molecule has 0 aromatic heterocycles. The molecule has 168 valence electrons. The number of carbonyl (C=O) groups excluding carboxylic acids is 3. The van der Waals surface area contributed by atoms with Gasteiger partial charge in [-0.2, -0.15) is 0 Å². The molecule has 33 heavy (non-hydrogen) atoms. The van der Waals surface area contributed by atoms with Crippen molar-refractivity contribution in [1.82, 2.24) is 5.32 Å². The number of esters is 1. The Kier molecular flexibility index (Phi) is 6.40. The molecule has 0 fully saturated rings. The molecule has 4 N–H and O–H groups in total. The minimum absolute atomic E-state index is 0.0878. The third-order valence-electron chi connectivity index (χ3n) is 5.71. The maximum absolute atomic E-state index is 13.3. The van der Waals surface area contributed by atoms with E-state index in [0.29, 0.717) is 35.2 Å². The summed E-state index contributed by atoms with van der Waals surface area (Å²) in [6.07, 6.45) is 1.48. The zero-order chi connectivity index (χ0) is 23.4. The molecule has 0 atom stereocenters. The summed E-state index contributed by atoms with van der Waals surface area (Å²) in [4.78, 5) is 37.1. The number of hydrogen-bond donors (Lipinski definition) is 3. The molecular weight excluding hydrogens is 418 g/mol. The predicted molar refractivity (Wildman–Crippen MR) is 127 cm³/mol. The molecule has 7 heteroatoms. The molecule has 1 amide bonds. The number of ether oxygens (including phenoxy) is 1. The van der Waals surface area contributed by atoms with Crippen LogP contribution in [-0.2, 0) is 22.4 Å². The van der Waals surface area contributed by atoms with Crippen molar-refractivity contribution in [3.8, 4) is 0 Å². The second-order valence-corrected chi connectivity index (χ2v) is 7.87. The van der Waals surface area contributed by atoms with Crippen LogP contribution in [0.3, 0.4) is 0 Å². The standard InChI is InChI=1S/C26H25N3O4/c1-33-24(30)12-13-28-26(32)18-9-7-16-6-8-17-14-19(29-23-5-3-2-4-22(23)27)10-11-20(17)25(31)21(16)15-18/h2-5,7,9-11,14-15,29H,6,8,12-13,27H2,1H3,(H,28,32). The van der Waals surface area contributed by atoms with Crippen molar-refractivity contribution in [3.05, 3.63) is 88.5 Å². The summed E-state index contributed by atoms with van der Waals surface area (Å²) in [7, 11) is 1.30. The van der Waals surface area contributed by atoms with Gasteiger partial charge in [0.15, 0.2) is 5.78 Å². The van der Waals surface area contributed by atoms with Crippen molar-refractivity contribution in [2.45, 2.75) is 19.3 Å². The number of nitrogen functional groups attached to an aromatic ring is 1. The number of ketones is 1. The number of nitrogens with two attached hydrogens (primary N) is 1. The monoisotopic (exact) mass is 443 g/mol. The number of rotatable bonds is 6. The van der Waals surface area contributed by atoms with E-state index in [4.69, 9.17) is 5.73 Å². The van der Waals surface area contributed by atoms with E-state index in [1.54, 1.807) is 12.1 Å². The fourth-order valence-corrected chi connectivity index (χ4v) is 3.91. The molecular formula is C26H25N3O4. The van der Waals surface area contributed by atoms with Crippen molar-refractivity contribution >= 4 is 34.7 Å². The Balaban J connectivity index is 1.54. The normalized spacial score (nSPS) is 12.2. The van der Waals surface area contributed by atoms with E-state index < -0.39 is 5.97 Å². The van der Waals surface area contributed by atoms with Crippen LogP contribution in [0.4, 0.5) is 17.1 Å². The van der Waals surface area contributed by atoms with Crippen molar-refractivity contribution < 1.29 is 19.1 Å². The molecule has 3 aromatic rings. The van der Waals surface area contributed by atoms with Gasteiger partial charge in [0.2, 0.25) is 0 Å². The van der Waals surface area contributed by atoms with Crippen molar-refractivity contribution in [1.29, 1.82) is 0 Å². The van der Waals surface area contributed by atoms with E-state index in [-0.39, 0.29) is 24.7 Å². The van der Waals surface area contributed by atoms with Crippen LogP contribution in [0.5, 0.6) is 0 Å². The fourth-order valence-electron chi connectivity index (χ4n) is 3.91. The van der Waals surface area contributed by atoms with Gasteiger partial charge in [-0.15, -0.1) is 0 Å². The smallest absolute Gasteiger partial charge is 0.307 e. The molecule has 7 nitrogen and oxygen atoms in total. The Morgan fingerprint density at radius 1 is 0.970 bits per heavy atom. The SMILES string of the molecule is COC(=O)CCNC(=O)c1ccc2c(c1)C(=O)c1ccc(Nc3ccccc3N)cc1CC2. The van der Waals surface area contributed by atoms with Crippen molar-refractivity contribution in [3.63, 3.8) is 0 Å².